The van der Waals surface area contributed by atoms with Crippen LogP contribution in [0.3, 0.4) is 0 Å². The molecule has 0 aromatic heterocycles. The molecule has 0 saturated heterocycles. The summed E-state index contributed by atoms with van der Waals surface area (Å²) >= 11 is 0. The molecule has 33 heavy (non-hydrogen) atoms. The van der Waals surface area contributed by atoms with Crippen molar-refractivity contribution in [3.63, 3.8) is 0 Å². The highest BCUT2D eigenvalue weighted by molar-refractivity contribution is 6.46. The van der Waals surface area contributed by atoms with Crippen molar-refractivity contribution in [1.29, 1.82) is 5.26 Å². The molecule has 2 heterocycles. The molecule has 2 aliphatic rings. The molecule has 8 heteroatoms. The van der Waals surface area contributed by atoms with Crippen LogP contribution in [0.4, 0.5) is 17.1 Å². The number of rotatable bonds is 4. The number of fused-ring (bicyclic) bond motifs is 1. The van der Waals surface area contributed by atoms with Crippen molar-refractivity contribution < 1.29 is 14.5 Å². The van der Waals surface area contributed by atoms with E-state index in [9.17, 15) is 19.7 Å². The van der Waals surface area contributed by atoms with Crippen molar-refractivity contribution in [1.82, 2.24) is 0 Å². The van der Waals surface area contributed by atoms with Crippen LogP contribution in [0.5, 0.6) is 0 Å². The number of carbonyl (C=O) groups is 2. The maximum absolute atomic E-state index is 13.7. The molecule has 0 N–H and O–H groups in total. The molecule has 160 valence electrons. The zero-order chi connectivity index (χ0) is 23.1. The van der Waals surface area contributed by atoms with E-state index in [-0.39, 0.29) is 17.0 Å². The maximum atomic E-state index is 13.7. The minimum absolute atomic E-state index is 0.104. The van der Waals surface area contributed by atoms with Gasteiger partial charge < -0.3 is 4.90 Å². The van der Waals surface area contributed by atoms with Crippen LogP contribution in [-0.2, 0) is 16.0 Å². The van der Waals surface area contributed by atoms with Crippen molar-refractivity contribution in [2.24, 2.45) is 0 Å². The number of nitro groups is 1. The maximum Gasteiger partial charge on any atom is 0.282 e. The van der Waals surface area contributed by atoms with Gasteiger partial charge in [-0.05, 0) is 60.0 Å². The van der Waals surface area contributed by atoms with Gasteiger partial charge in [-0.3, -0.25) is 19.7 Å². The van der Waals surface area contributed by atoms with Crippen LogP contribution in [-0.4, -0.2) is 23.3 Å². The first-order chi connectivity index (χ1) is 16.0. The molecule has 0 spiro atoms. The Hall–Kier alpha value is -4.77. The summed E-state index contributed by atoms with van der Waals surface area (Å²) in [4.78, 5) is 40.8. The van der Waals surface area contributed by atoms with Gasteiger partial charge in [0.05, 0.1) is 27.8 Å². The molecule has 8 nitrogen and oxygen atoms in total. The SMILES string of the molecule is N#Cc1ccc(N2C(=O)C(c3ccc([N+](=O)[O-])cc3)=C(N3CCc4ccccc43)C2=O)cc1. The predicted molar refractivity (Wildman–Crippen MR) is 121 cm³/mol. The van der Waals surface area contributed by atoms with Crippen molar-refractivity contribution in [2.75, 3.05) is 16.3 Å². The highest BCUT2D eigenvalue weighted by atomic mass is 16.6. The molecule has 3 aromatic carbocycles. The molecule has 3 aromatic rings. The van der Waals surface area contributed by atoms with E-state index < -0.39 is 16.7 Å². The minimum Gasteiger partial charge on any atom is -0.336 e. The smallest absolute Gasteiger partial charge is 0.282 e. The summed E-state index contributed by atoms with van der Waals surface area (Å²) in [6, 6.07) is 21.5. The molecule has 0 fully saturated rings. The van der Waals surface area contributed by atoms with Crippen LogP contribution < -0.4 is 9.80 Å². The highest BCUT2D eigenvalue weighted by Gasteiger charge is 2.44. The number of para-hydroxylation sites is 1. The largest absolute Gasteiger partial charge is 0.336 e. The average Bonchev–Trinajstić information content (AvgIpc) is 3.37. The number of non-ortho nitro benzene ring substituents is 1. The molecule has 0 bridgehead atoms. The fraction of sp³-hybridized carbons (Fsp3) is 0.0800. The van der Waals surface area contributed by atoms with Crippen LogP contribution in [0.15, 0.2) is 78.5 Å². The zero-order valence-electron chi connectivity index (χ0n) is 17.3. The van der Waals surface area contributed by atoms with Crippen LogP contribution in [0.2, 0.25) is 0 Å². The van der Waals surface area contributed by atoms with Crippen LogP contribution in [0.25, 0.3) is 5.57 Å². The Balaban J connectivity index is 1.66. The second-order valence-corrected chi connectivity index (χ2v) is 7.66. The number of anilines is 2. The second kappa shape index (κ2) is 7.73. The van der Waals surface area contributed by atoms with Gasteiger partial charge in [0, 0.05) is 24.4 Å². The molecule has 5 rings (SSSR count). The fourth-order valence-corrected chi connectivity index (χ4v) is 4.27. The van der Waals surface area contributed by atoms with Crippen molar-refractivity contribution >= 4 is 34.4 Å². The van der Waals surface area contributed by atoms with Crippen molar-refractivity contribution in [3.8, 4) is 6.07 Å². The minimum atomic E-state index is -0.516. The standard InChI is InChI=1S/C25H16N4O4/c26-15-16-5-9-19(10-6-16)28-24(30)22(18-7-11-20(12-8-18)29(32)33)23(25(28)31)27-14-13-17-3-1-2-4-21(17)27/h1-12H,13-14H2. The van der Waals surface area contributed by atoms with E-state index in [1.54, 1.807) is 24.3 Å². The highest BCUT2D eigenvalue weighted by Crippen LogP contribution is 2.40. The lowest BCUT2D eigenvalue weighted by Crippen LogP contribution is -2.34. The first-order valence-electron chi connectivity index (χ1n) is 10.2. The lowest BCUT2D eigenvalue weighted by Gasteiger charge is -2.21. The number of amides is 2. The van der Waals surface area contributed by atoms with Gasteiger partial charge in [-0.1, -0.05) is 18.2 Å². The molecule has 0 unspecified atom stereocenters. The average molecular weight is 436 g/mol. The van der Waals surface area contributed by atoms with E-state index in [0.29, 0.717) is 23.4 Å². The molecule has 2 amide bonds. The Kier molecular flexibility index (Phi) is 4.72. The van der Waals surface area contributed by atoms with Crippen LogP contribution >= 0.6 is 0 Å². The number of nitro benzene ring substituents is 1. The third-order valence-corrected chi connectivity index (χ3v) is 5.84. The summed E-state index contributed by atoms with van der Waals surface area (Å²) in [7, 11) is 0. The Labute approximate surface area is 188 Å². The number of benzene rings is 3. The number of hydrogen-bond acceptors (Lipinski definition) is 6. The normalized spacial score (nSPS) is 15.1. The quantitative estimate of drug-likeness (QED) is 0.350. The monoisotopic (exact) mass is 436 g/mol. The van der Waals surface area contributed by atoms with Crippen LogP contribution in [0.1, 0.15) is 16.7 Å². The van der Waals surface area contributed by atoms with E-state index in [2.05, 4.69) is 0 Å². The Morgan fingerprint density at radius 1 is 0.909 bits per heavy atom. The predicted octanol–water partition coefficient (Wildman–Crippen LogP) is 3.81. The van der Waals surface area contributed by atoms with Gasteiger partial charge in [0.2, 0.25) is 0 Å². The number of nitriles is 1. The summed E-state index contributed by atoms with van der Waals surface area (Å²) in [5.41, 5.74) is 3.45. The number of nitrogens with zero attached hydrogens (tertiary/aromatic N) is 4. The van der Waals surface area contributed by atoms with Gasteiger partial charge in [-0.25, -0.2) is 4.90 Å². The Morgan fingerprint density at radius 2 is 1.61 bits per heavy atom. The molecular weight excluding hydrogens is 420 g/mol. The molecule has 0 atom stereocenters. The van der Waals surface area contributed by atoms with Crippen LogP contribution in [0, 0.1) is 21.4 Å². The summed E-state index contributed by atoms with van der Waals surface area (Å²) in [5, 5.41) is 20.2. The molecule has 0 aliphatic carbocycles. The third kappa shape index (κ3) is 3.23. The Morgan fingerprint density at radius 3 is 2.27 bits per heavy atom. The van der Waals surface area contributed by atoms with Gasteiger partial charge in [0.15, 0.2) is 0 Å². The number of imide groups is 1. The topological polar surface area (TPSA) is 108 Å². The zero-order valence-corrected chi connectivity index (χ0v) is 17.3. The van der Waals surface area contributed by atoms with Gasteiger partial charge in [0.1, 0.15) is 5.70 Å². The van der Waals surface area contributed by atoms with E-state index in [0.717, 1.165) is 22.6 Å². The summed E-state index contributed by atoms with van der Waals surface area (Å²) < 4.78 is 0. The van der Waals surface area contributed by atoms with E-state index in [1.807, 2.05) is 35.2 Å². The molecule has 2 aliphatic heterocycles. The fourth-order valence-electron chi connectivity index (χ4n) is 4.27. The van der Waals surface area contributed by atoms with E-state index in [1.165, 1.54) is 24.3 Å². The molecule has 0 saturated carbocycles. The van der Waals surface area contributed by atoms with Crippen molar-refractivity contribution in [2.45, 2.75) is 6.42 Å². The number of hydrogen-bond donors (Lipinski definition) is 0. The summed E-state index contributed by atoms with van der Waals surface area (Å²) in [6.07, 6.45) is 0.728. The first-order valence-corrected chi connectivity index (χ1v) is 10.2. The second-order valence-electron chi connectivity index (χ2n) is 7.66. The summed E-state index contributed by atoms with van der Waals surface area (Å²) in [5.74, 6) is -0.993. The van der Waals surface area contributed by atoms with Crippen molar-refractivity contribution in [3.05, 3.63) is 105 Å². The van der Waals surface area contributed by atoms with E-state index in [4.69, 9.17) is 5.26 Å². The third-order valence-electron chi connectivity index (χ3n) is 5.84. The van der Waals surface area contributed by atoms with Gasteiger partial charge >= 0.3 is 0 Å². The lowest BCUT2D eigenvalue weighted by atomic mass is 10.0. The van der Waals surface area contributed by atoms with Gasteiger partial charge in [-0.2, -0.15) is 5.26 Å². The Bertz CT molecular complexity index is 1390. The van der Waals surface area contributed by atoms with Gasteiger partial charge in [-0.15, -0.1) is 0 Å². The van der Waals surface area contributed by atoms with E-state index >= 15 is 0 Å². The molecular formula is C25H16N4O4. The summed E-state index contributed by atoms with van der Waals surface area (Å²) in [6.45, 7) is 0.533. The number of carbonyl (C=O) groups excluding carboxylic acids is 2. The first kappa shape index (κ1) is 20.2. The lowest BCUT2D eigenvalue weighted by molar-refractivity contribution is -0.384. The molecule has 0 radical (unpaired) electrons. The van der Waals surface area contributed by atoms with Gasteiger partial charge in [0.25, 0.3) is 17.5 Å².